The number of hydrogen-bond donors (Lipinski definition) is 1. The summed E-state index contributed by atoms with van der Waals surface area (Å²) in [5.41, 5.74) is 1.67. The maximum absolute atomic E-state index is 10.6. The van der Waals surface area contributed by atoms with Gasteiger partial charge in [-0.15, -0.1) is 0 Å². The van der Waals surface area contributed by atoms with Crippen molar-refractivity contribution in [1.82, 2.24) is 19.7 Å². The molecule has 8 nitrogen and oxygen atoms in total. The van der Waals surface area contributed by atoms with Crippen molar-refractivity contribution in [2.75, 3.05) is 83.6 Å². The van der Waals surface area contributed by atoms with Gasteiger partial charge in [0.15, 0.2) is 0 Å². The number of aliphatic hydroxyl groups is 1. The quantitative estimate of drug-likeness (QED) is 0.422. The van der Waals surface area contributed by atoms with E-state index in [1.807, 2.05) is 6.20 Å². The Bertz CT molecular complexity index is 989. The number of piperazine rings is 2. The molecule has 3 aliphatic rings. The van der Waals surface area contributed by atoms with E-state index in [9.17, 15) is 5.11 Å². The van der Waals surface area contributed by atoms with Gasteiger partial charge in [0.2, 0.25) is 0 Å². The number of aromatic nitrogens is 1. The molecule has 0 aliphatic carbocycles. The summed E-state index contributed by atoms with van der Waals surface area (Å²) in [6.45, 7) is 31.3. The average molecular weight is 574 g/mol. The van der Waals surface area contributed by atoms with E-state index in [1.165, 1.54) is 5.56 Å². The van der Waals surface area contributed by atoms with Gasteiger partial charge < -0.3 is 19.5 Å². The molecule has 1 aromatic rings. The van der Waals surface area contributed by atoms with E-state index in [0.717, 1.165) is 83.4 Å². The monoisotopic (exact) mass is 573 g/mol. The van der Waals surface area contributed by atoms with Gasteiger partial charge in [0.1, 0.15) is 11.6 Å². The summed E-state index contributed by atoms with van der Waals surface area (Å²) in [5, 5.41) is 10.6. The van der Waals surface area contributed by atoms with Crippen molar-refractivity contribution in [3.05, 3.63) is 17.8 Å². The van der Waals surface area contributed by atoms with E-state index < -0.39 is 6.10 Å². The molecule has 41 heavy (non-hydrogen) atoms. The Morgan fingerprint density at radius 3 is 2.20 bits per heavy atom. The molecule has 0 unspecified atom stereocenters. The standard InChI is InChI=1S/C33H59N5O3/c1-30(2,3)37-16-12-35(13-17-37)22-26(39)23-40-24-31(4,5)10-11-33(8,9)38-18-14-36(15-19-38)29-20-28-27(21-34-29)32(6,7)25-41-28/h20-21,26,39H,10-19,22-25H2,1-9H3/t26-/m0/s1. The Morgan fingerprint density at radius 2 is 1.56 bits per heavy atom. The fourth-order valence-electron chi connectivity index (χ4n) is 6.40. The highest BCUT2D eigenvalue weighted by Gasteiger charge is 2.35. The van der Waals surface area contributed by atoms with E-state index in [1.54, 1.807) is 0 Å². The molecule has 2 saturated heterocycles. The molecular formula is C33H59N5O3. The maximum atomic E-state index is 10.6. The largest absolute Gasteiger partial charge is 0.492 e. The van der Waals surface area contributed by atoms with E-state index in [2.05, 4.69) is 88.0 Å². The molecule has 0 aromatic carbocycles. The van der Waals surface area contributed by atoms with Crippen LogP contribution < -0.4 is 9.64 Å². The summed E-state index contributed by atoms with van der Waals surface area (Å²) in [6.07, 6.45) is 3.79. The first-order valence-electron chi connectivity index (χ1n) is 15.9. The van der Waals surface area contributed by atoms with E-state index >= 15 is 0 Å². The minimum atomic E-state index is -0.432. The Kier molecular flexibility index (Phi) is 10.0. The zero-order valence-corrected chi connectivity index (χ0v) is 27.6. The van der Waals surface area contributed by atoms with Gasteiger partial charge in [-0.1, -0.05) is 27.7 Å². The lowest BCUT2D eigenvalue weighted by Gasteiger charge is -2.45. The second-order valence-electron chi connectivity index (χ2n) is 15.8. The minimum absolute atomic E-state index is 0.0459. The van der Waals surface area contributed by atoms with Gasteiger partial charge >= 0.3 is 0 Å². The molecule has 0 amide bonds. The molecule has 1 aromatic heterocycles. The number of β-amino-alcohol motifs (C(OH)–C–C–N with tert-alkyl or cyclic N) is 1. The molecule has 0 saturated carbocycles. The minimum Gasteiger partial charge on any atom is -0.492 e. The molecule has 234 valence electrons. The highest BCUT2D eigenvalue weighted by atomic mass is 16.5. The third-order valence-electron chi connectivity index (χ3n) is 9.64. The molecule has 4 heterocycles. The Hall–Kier alpha value is -1.45. The van der Waals surface area contributed by atoms with Crippen LogP contribution in [0, 0.1) is 5.41 Å². The molecule has 0 radical (unpaired) electrons. The van der Waals surface area contributed by atoms with Crippen LogP contribution in [0.15, 0.2) is 12.3 Å². The van der Waals surface area contributed by atoms with Crippen molar-refractivity contribution in [2.24, 2.45) is 5.41 Å². The summed E-state index contributed by atoms with van der Waals surface area (Å²) in [7, 11) is 0. The smallest absolute Gasteiger partial charge is 0.132 e. The predicted molar refractivity (Wildman–Crippen MR) is 168 cm³/mol. The van der Waals surface area contributed by atoms with Crippen molar-refractivity contribution < 1.29 is 14.6 Å². The number of aliphatic hydroxyl groups excluding tert-OH is 1. The van der Waals surface area contributed by atoms with Crippen LogP contribution in [-0.4, -0.2) is 121 Å². The third kappa shape index (κ3) is 8.56. The lowest BCUT2D eigenvalue weighted by molar-refractivity contribution is -0.0253. The fourth-order valence-corrected chi connectivity index (χ4v) is 6.40. The molecule has 2 fully saturated rings. The fraction of sp³-hybridized carbons (Fsp3) is 0.848. The first-order valence-corrected chi connectivity index (χ1v) is 15.9. The van der Waals surface area contributed by atoms with E-state index in [4.69, 9.17) is 14.5 Å². The van der Waals surface area contributed by atoms with E-state index in [0.29, 0.717) is 19.8 Å². The van der Waals surface area contributed by atoms with Gasteiger partial charge in [0, 0.05) is 93.2 Å². The van der Waals surface area contributed by atoms with E-state index in [-0.39, 0.29) is 21.9 Å². The molecule has 1 atom stereocenters. The number of fused-ring (bicyclic) bond motifs is 1. The highest BCUT2D eigenvalue weighted by Crippen LogP contribution is 2.39. The van der Waals surface area contributed by atoms with Crippen LogP contribution in [0.1, 0.15) is 80.7 Å². The van der Waals surface area contributed by atoms with Crippen LogP contribution in [-0.2, 0) is 10.2 Å². The first kappa shape index (κ1) is 32.5. The van der Waals surface area contributed by atoms with Crippen molar-refractivity contribution in [3.63, 3.8) is 0 Å². The second kappa shape index (κ2) is 12.7. The Balaban J connectivity index is 1.15. The molecule has 4 rings (SSSR count). The SMILES string of the molecule is CC(C)(CCC(C)(C)N1CCN(c2cc3c(cn2)C(C)(C)CO3)CC1)COC[C@@H](O)CN1CCN(C(C)(C)C)CC1. The average Bonchev–Trinajstić information content (AvgIpc) is 3.21. The first-order chi connectivity index (χ1) is 19.1. The maximum Gasteiger partial charge on any atom is 0.132 e. The summed E-state index contributed by atoms with van der Waals surface area (Å²) >= 11 is 0. The van der Waals surface area contributed by atoms with Crippen molar-refractivity contribution in [3.8, 4) is 5.75 Å². The highest BCUT2D eigenvalue weighted by molar-refractivity contribution is 5.51. The lowest BCUT2D eigenvalue weighted by Crippen LogP contribution is -2.55. The van der Waals surface area contributed by atoms with Crippen LogP contribution >= 0.6 is 0 Å². The number of nitrogens with zero attached hydrogens (tertiary/aromatic N) is 5. The molecular weight excluding hydrogens is 514 g/mol. The van der Waals surface area contributed by atoms with Crippen molar-refractivity contribution in [2.45, 2.75) is 97.8 Å². The van der Waals surface area contributed by atoms with Crippen molar-refractivity contribution >= 4 is 5.82 Å². The lowest BCUT2D eigenvalue weighted by atomic mass is 9.82. The van der Waals surface area contributed by atoms with Gasteiger partial charge in [-0.25, -0.2) is 4.98 Å². The van der Waals surface area contributed by atoms with Gasteiger partial charge in [0.25, 0.3) is 0 Å². The molecule has 8 heteroatoms. The topological polar surface area (TPSA) is 64.5 Å². The zero-order chi connectivity index (χ0) is 30.1. The van der Waals surface area contributed by atoms with Crippen LogP contribution in [0.5, 0.6) is 5.75 Å². The number of rotatable bonds is 11. The molecule has 0 spiro atoms. The second-order valence-corrected chi connectivity index (χ2v) is 15.8. The molecule has 1 N–H and O–H groups in total. The number of pyridine rings is 1. The Labute approximate surface area is 250 Å². The summed E-state index contributed by atoms with van der Waals surface area (Å²) < 4.78 is 12.0. The third-order valence-corrected chi connectivity index (χ3v) is 9.64. The molecule has 0 bridgehead atoms. The van der Waals surface area contributed by atoms with Crippen LogP contribution in [0.3, 0.4) is 0 Å². The van der Waals surface area contributed by atoms with Crippen LogP contribution in [0.2, 0.25) is 0 Å². The number of anilines is 1. The van der Waals surface area contributed by atoms with Crippen molar-refractivity contribution in [1.29, 1.82) is 0 Å². The normalized spacial score (nSPS) is 22.0. The molecule has 3 aliphatic heterocycles. The zero-order valence-electron chi connectivity index (χ0n) is 27.6. The van der Waals surface area contributed by atoms with Gasteiger partial charge in [-0.2, -0.15) is 0 Å². The number of hydrogen-bond acceptors (Lipinski definition) is 8. The summed E-state index contributed by atoms with van der Waals surface area (Å²) in [4.78, 5) is 14.7. The van der Waals surface area contributed by atoms with Gasteiger partial charge in [-0.05, 0) is 52.9 Å². The summed E-state index contributed by atoms with van der Waals surface area (Å²) in [6, 6.07) is 2.14. The number of ether oxygens (including phenoxy) is 2. The summed E-state index contributed by atoms with van der Waals surface area (Å²) in [5.74, 6) is 2.03. The van der Waals surface area contributed by atoms with Gasteiger partial charge in [-0.3, -0.25) is 14.7 Å². The van der Waals surface area contributed by atoms with Gasteiger partial charge in [0.05, 0.1) is 25.9 Å². The Morgan fingerprint density at radius 1 is 0.927 bits per heavy atom. The van der Waals surface area contributed by atoms with Crippen LogP contribution in [0.25, 0.3) is 0 Å². The van der Waals surface area contributed by atoms with Crippen LogP contribution in [0.4, 0.5) is 5.82 Å². The predicted octanol–water partition coefficient (Wildman–Crippen LogP) is 4.25.